The van der Waals surface area contributed by atoms with Gasteiger partial charge in [0.05, 0.1) is 0 Å². The normalized spacial score (nSPS) is 13.8. The molecule has 2 N–H and O–H groups in total. The van der Waals surface area contributed by atoms with Crippen LogP contribution < -0.4 is 10.6 Å². The Morgan fingerprint density at radius 1 is 1.00 bits per heavy atom. The molecule has 0 aromatic heterocycles. The van der Waals surface area contributed by atoms with Gasteiger partial charge in [-0.15, -0.1) is 0 Å². The first kappa shape index (κ1) is 11.0. The van der Waals surface area contributed by atoms with Crippen molar-refractivity contribution >= 4 is 11.4 Å². The monoisotopic (exact) mass is 246 g/mol. The van der Waals surface area contributed by atoms with Crippen molar-refractivity contribution in [2.75, 3.05) is 10.6 Å². The molecule has 2 aromatic carbocycles. The molecule has 92 valence electrons. The summed E-state index contributed by atoms with van der Waals surface area (Å²) in [6.45, 7) is 1.22. The van der Waals surface area contributed by atoms with Gasteiger partial charge in [-0.1, -0.05) is 12.1 Å². The molecule has 18 heavy (non-hydrogen) atoms. The largest absolute Gasteiger partial charge is 0.398 e. The molecule has 1 aliphatic rings. The summed E-state index contributed by atoms with van der Waals surface area (Å²) in [7, 11) is 0. The van der Waals surface area contributed by atoms with Gasteiger partial charge in [-0.2, -0.15) is 0 Å². The number of nitrogens with two attached hydrogens (primary N) is 1. The summed E-state index contributed by atoms with van der Waals surface area (Å²) in [5.74, 6) is -1.12. The average molecular weight is 246 g/mol. The van der Waals surface area contributed by atoms with E-state index in [0.29, 0.717) is 18.8 Å². The molecule has 1 aliphatic heterocycles. The topological polar surface area (TPSA) is 29.3 Å². The Morgan fingerprint density at radius 3 is 2.39 bits per heavy atom. The molecule has 3 rings (SSSR count). The number of anilines is 2. The van der Waals surface area contributed by atoms with E-state index >= 15 is 0 Å². The number of nitrogens with zero attached hydrogens (tertiary/aromatic N) is 1. The number of hydrogen-bond acceptors (Lipinski definition) is 2. The highest BCUT2D eigenvalue weighted by Crippen LogP contribution is 2.31. The molecule has 0 amide bonds. The molecular weight excluding hydrogens is 234 g/mol. The van der Waals surface area contributed by atoms with Crippen molar-refractivity contribution in [2.45, 2.75) is 13.1 Å². The van der Waals surface area contributed by atoms with E-state index in [-0.39, 0.29) is 0 Å². The molecule has 0 saturated carbocycles. The van der Waals surface area contributed by atoms with Gasteiger partial charge in [-0.25, -0.2) is 8.78 Å². The molecule has 4 heteroatoms. The van der Waals surface area contributed by atoms with Crippen LogP contribution in [0.1, 0.15) is 11.1 Å². The Balaban J connectivity index is 1.96. The predicted octanol–water partition coefficient (Wildman–Crippen LogP) is 3.07. The lowest BCUT2D eigenvalue weighted by atomic mass is 10.1. The third kappa shape index (κ3) is 1.79. The maximum Gasteiger partial charge on any atom is 0.128 e. The van der Waals surface area contributed by atoms with E-state index in [1.165, 1.54) is 12.1 Å². The SMILES string of the molecule is Nc1cccc2c1CN(c1cc(F)cc(F)c1)C2. The van der Waals surface area contributed by atoms with Crippen molar-refractivity contribution in [3.05, 3.63) is 59.2 Å². The summed E-state index contributed by atoms with van der Waals surface area (Å²) in [5, 5.41) is 0. The lowest BCUT2D eigenvalue weighted by Crippen LogP contribution is -2.15. The van der Waals surface area contributed by atoms with E-state index in [2.05, 4.69) is 0 Å². The number of hydrogen-bond donors (Lipinski definition) is 1. The fourth-order valence-electron chi connectivity index (χ4n) is 2.35. The van der Waals surface area contributed by atoms with Crippen LogP contribution >= 0.6 is 0 Å². The number of rotatable bonds is 1. The molecule has 0 saturated heterocycles. The van der Waals surface area contributed by atoms with Crippen LogP contribution in [0.3, 0.4) is 0 Å². The molecule has 2 aromatic rings. The molecule has 0 unspecified atom stereocenters. The highest BCUT2D eigenvalue weighted by atomic mass is 19.1. The van der Waals surface area contributed by atoms with Gasteiger partial charge in [0.2, 0.25) is 0 Å². The van der Waals surface area contributed by atoms with Crippen LogP contribution in [0.2, 0.25) is 0 Å². The lowest BCUT2D eigenvalue weighted by molar-refractivity contribution is 0.582. The Bertz CT molecular complexity index is 590. The second-order valence-corrected chi connectivity index (χ2v) is 4.47. The highest BCUT2D eigenvalue weighted by Gasteiger charge is 2.21. The highest BCUT2D eigenvalue weighted by molar-refractivity contribution is 5.59. The number of nitrogen functional groups attached to an aromatic ring is 1. The molecule has 0 radical (unpaired) electrons. The van der Waals surface area contributed by atoms with Crippen LogP contribution in [0.15, 0.2) is 36.4 Å². The van der Waals surface area contributed by atoms with Crippen molar-refractivity contribution in [2.24, 2.45) is 0 Å². The Morgan fingerprint density at radius 2 is 1.72 bits per heavy atom. The minimum atomic E-state index is -0.561. The molecule has 0 bridgehead atoms. The van der Waals surface area contributed by atoms with Gasteiger partial charge in [0.1, 0.15) is 11.6 Å². The van der Waals surface area contributed by atoms with E-state index in [4.69, 9.17) is 5.73 Å². The van der Waals surface area contributed by atoms with Crippen LogP contribution in [0.5, 0.6) is 0 Å². The molecule has 1 heterocycles. The summed E-state index contributed by atoms with van der Waals surface area (Å²) >= 11 is 0. The smallest absolute Gasteiger partial charge is 0.128 e. The van der Waals surface area contributed by atoms with E-state index in [1.54, 1.807) is 0 Å². The molecule has 0 atom stereocenters. The number of benzene rings is 2. The quantitative estimate of drug-likeness (QED) is 0.783. The zero-order valence-corrected chi connectivity index (χ0v) is 9.66. The van der Waals surface area contributed by atoms with Crippen LogP contribution in [0, 0.1) is 11.6 Å². The minimum Gasteiger partial charge on any atom is -0.398 e. The Kier molecular flexibility index (Phi) is 2.44. The Hall–Kier alpha value is -2.10. The van der Waals surface area contributed by atoms with Gasteiger partial charge < -0.3 is 10.6 Å². The third-order valence-electron chi connectivity index (χ3n) is 3.23. The second kappa shape index (κ2) is 3.98. The fourth-order valence-corrected chi connectivity index (χ4v) is 2.35. The molecule has 0 aliphatic carbocycles. The summed E-state index contributed by atoms with van der Waals surface area (Å²) in [5.41, 5.74) is 9.32. The van der Waals surface area contributed by atoms with Crippen molar-refractivity contribution in [1.29, 1.82) is 0 Å². The zero-order chi connectivity index (χ0) is 12.7. The van der Waals surface area contributed by atoms with Gasteiger partial charge in [0.15, 0.2) is 0 Å². The van der Waals surface area contributed by atoms with Gasteiger partial charge in [0.25, 0.3) is 0 Å². The maximum absolute atomic E-state index is 13.2. The second-order valence-electron chi connectivity index (χ2n) is 4.47. The van der Waals surface area contributed by atoms with Gasteiger partial charge in [-0.05, 0) is 29.3 Å². The standard InChI is InChI=1S/C14H12F2N2/c15-10-4-11(16)6-12(5-10)18-7-9-2-1-3-14(17)13(9)8-18/h1-6H,7-8,17H2. The first-order valence-electron chi connectivity index (χ1n) is 5.71. The van der Waals surface area contributed by atoms with E-state index < -0.39 is 11.6 Å². The van der Waals surface area contributed by atoms with E-state index in [0.717, 1.165) is 22.9 Å². The van der Waals surface area contributed by atoms with Crippen molar-refractivity contribution in [1.82, 2.24) is 0 Å². The number of fused-ring (bicyclic) bond motifs is 1. The van der Waals surface area contributed by atoms with Crippen LogP contribution in [-0.2, 0) is 13.1 Å². The van der Waals surface area contributed by atoms with Gasteiger partial charge >= 0.3 is 0 Å². The molecule has 0 fully saturated rings. The van der Waals surface area contributed by atoms with Crippen LogP contribution in [-0.4, -0.2) is 0 Å². The van der Waals surface area contributed by atoms with E-state index in [1.807, 2.05) is 23.1 Å². The summed E-state index contributed by atoms with van der Waals surface area (Å²) in [4.78, 5) is 1.91. The Labute approximate surface area is 104 Å². The summed E-state index contributed by atoms with van der Waals surface area (Å²) in [6, 6.07) is 9.27. The van der Waals surface area contributed by atoms with Crippen molar-refractivity contribution in [3.8, 4) is 0 Å². The third-order valence-corrected chi connectivity index (χ3v) is 3.23. The zero-order valence-electron chi connectivity index (χ0n) is 9.66. The first-order chi connectivity index (χ1) is 8.63. The summed E-state index contributed by atoms with van der Waals surface area (Å²) < 4.78 is 26.4. The molecule has 0 spiro atoms. The van der Waals surface area contributed by atoms with Crippen LogP contribution in [0.25, 0.3) is 0 Å². The molecular formula is C14H12F2N2. The predicted molar refractivity (Wildman–Crippen MR) is 67.1 cm³/mol. The van der Waals surface area contributed by atoms with Crippen molar-refractivity contribution in [3.63, 3.8) is 0 Å². The molecule has 2 nitrogen and oxygen atoms in total. The number of halogens is 2. The van der Waals surface area contributed by atoms with E-state index in [9.17, 15) is 8.78 Å². The lowest BCUT2D eigenvalue weighted by Gasteiger charge is -2.17. The van der Waals surface area contributed by atoms with Gasteiger partial charge in [-0.3, -0.25) is 0 Å². The van der Waals surface area contributed by atoms with Crippen LogP contribution in [0.4, 0.5) is 20.2 Å². The maximum atomic E-state index is 13.2. The van der Waals surface area contributed by atoms with Crippen molar-refractivity contribution < 1.29 is 8.78 Å². The summed E-state index contributed by atoms with van der Waals surface area (Å²) in [6.07, 6.45) is 0. The fraction of sp³-hybridized carbons (Fsp3) is 0.143. The first-order valence-corrected chi connectivity index (χ1v) is 5.71. The van der Waals surface area contributed by atoms with Gasteiger partial charge in [0, 0.05) is 30.5 Å². The minimum absolute atomic E-state index is 0.545. The average Bonchev–Trinajstić information content (AvgIpc) is 2.73.